The Labute approximate surface area is 115 Å². The number of aromatic nitrogens is 1. The zero-order valence-electron chi connectivity index (χ0n) is 11.3. The summed E-state index contributed by atoms with van der Waals surface area (Å²) in [6.07, 6.45) is 10.00. The monoisotopic (exact) mass is 255 g/mol. The molecule has 1 N–H and O–H groups in total. The molecular weight excluding hydrogens is 234 g/mol. The molecule has 0 amide bonds. The van der Waals surface area contributed by atoms with Crippen molar-refractivity contribution < 1.29 is 0 Å². The molecule has 3 fully saturated rings. The fraction of sp³-hybridized carbons (Fsp3) is 0.562. The standard InChI is InChI=1S/C16H21N3/c1-2-13-12-19-8-6-14(13)9-16(19)11-17-10-15-5-3-4-7-18-15/h1,3-5,7,13-14,16-17H,6,8-12H2/t13-,14+,16-/m1/s1. The van der Waals surface area contributed by atoms with Crippen LogP contribution in [0.3, 0.4) is 0 Å². The van der Waals surface area contributed by atoms with Crippen molar-refractivity contribution in [3.63, 3.8) is 0 Å². The van der Waals surface area contributed by atoms with Gasteiger partial charge >= 0.3 is 0 Å². The summed E-state index contributed by atoms with van der Waals surface area (Å²) in [5.74, 6) is 4.20. The second-order valence-electron chi connectivity index (χ2n) is 5.66. The molecule has 4 atom stereocenters. The molecule has 3 nitrogen and oxygen atoms in total. The molecule has 4 rings (SSSR count). The minimum absolute atomic E-state index is 0.487. The van der Waals surface area contributed by atoms with Gasteiger partial charge in [-0.25, -0.2) is 0 Å². The molecule has 0 spiro atoms. The Morgan fingerprint density at radius 2 is 2.42 bits per heavy atom. The van der Waals surface area contributed by atoms with Crippen LogP contribution in [0.1, 0.15) is 18.5 Å². The number of nitrogens with zero attached hydrogens (tertiary/aromatic N) is 2. The van der Waals surface area contributed by atoms with Gasteiger partial charge in [-0.3, -0.25) is 9.88 Å². The lowest BCUT2D eigenvalue weighted by atomic mass is 9.76. The van der Waals surface area contributed by atoms with Crippen molar-refractivity contribution in [1.29, 1.82) is 0 Å². The van der Waals surface area contributed by atoms with E-state index in [9.17, 15) is 0 Å². The van der Waals surface area contributed by atoms with Crippen LogP contribution in [-0.4, -0.2) is 35.6 Å². The largest absolute Gasteiger partial charge is 0.310 e. The van der Waals surface area contributed by atoms with Gasteiger partial charge in [-0.1, -0.05) is 6.07 Å². The van der Waals surface area contributed by atoms with E-state index in [0.717, 1.165) is 31.2 Å². The van der Waals surface area contributed by atoms with E-state index in [2.05, 4.69) is 27.2 Å². The van der Waals surface area contributed by atoms with Crippen LogP contribution >= 0.6 is 0 Å². The topological polar surface area (TPSA) is 28.2 Å². The predicted octanol–water partition coefficient (Wildman–Crippen LogP) is 1.51. The summed E-state index contributed by atoms with van der Waals surface area (Å²) in [5, 5.41) is 3.53. The molecule has 3 aliphatic rings. The van der Waals surface area contributed by atoms with Gasteiger partial charge in [0.15, 0.2) is 0 Å². The van der Waals surface area contributed by atoms with Crippen LogP contribution < -0.4 is 5.32 Å². The highest BCUT2D eigenvalue weighted by molar-refractivity contribution is 5.06. The number of hydrogen-bond acceptors (Lipinski definition) is 3. The van der Waals surface area contributed by atoms with Crippen molar-refractivity contribution in [2.75, 3.05) is 19.6 Å². The minimum Gasteiger partial charge on any atom is -0.310 e. The molecule has 3 heteroatoms. The normalized spacial score (nSPS) is 33.0. The van der Waals surface area contributed by atoms with Crippen LogP contribution in [0.4, 0.5) is 0 Å². The smallest absolute Gasteiger partial charge is 0.0541 e. The Hall–Kier alpha value is -1.37. The van der Waals surface area contributed by atoms with Gasteiger partial charge in [0, 0.05) is 37.8 Å². The summed E-state index contributed by atoms with van der Waals surface area (Å²) in [6.45, 7) is 4.22. The first-order chi connectivity index (χ1) is 9.36. The lowest BCUT2D eigenvalue weighted by molar-refractivity contribution is 0.0227. The molecule has 0 aromatic carbocycles. The van der Waals surface area contributed by atoms with Gasteiger partial charge in [0.05, 0.1) is 5.69 Å². The van der Waals surface area contributed by atoms with Crippen LogP contribution in [-0.2, 0) is 6.54 Å². The van der Waals surface area contributed by atoms with Crippen molar-refractivity contribution in [2.45, 2.75) is 25.4 Å². The third kappa shape index (κ3) is 2.80. The van der Waals surface area contributed by atoms with E-state index in [1.165, 1.54) is 19.4 Å². The van der Waals surface area contributed by atoms with Gasteiger partial charge in [0.1, 0.15) is 0 Å². The summed E-state index contributed by atoms with van der Waals surface area (Å²) < 4.78 is 0. The molecule has 1 unspecified atom stereocenters. The molecule has 0 saturated carbocycles. The van der Waals surface area contributed by atoms with Gasteiger partial charge in [-0.2, -0.15) is 0 Å². The molecular formula is C16H21N3. The van der Waals surface area contributed by atoms with E-state index in [4.69, 9.17) is 6.42 Å². The summed E-state index contributed by atoms with van der Waals surface area (Å²) >= 11 is 0. The maximum atomic E-state index is 5.61. The Morgan fingerprint density at radius 1 is 1.47 bits per heavy atom. The summed E-state index contributed by atoms with van der Waals surface area (Å²) in [4.78, 5) is 6.90. The van der Waals surface area contributed by atoms with Crippen LogP contribution in [0.25, 0.3) is 0 Å². The molecule has 4 heterocycles. The SMILES string of the molecule is C#C[C@@H]1CN2CC[C@H]1C[C@@H]2CNCc1ccccn1. The van der Waals surface area contributed by atoms with Crippen molar-refractivity contribution >= 4 is 0 Å². The highest BCUT2D eigenvalue weighted by atomic mass is 15.2. The molecule has 19 heavy (non-hydrogen) atoms. The number of terminal acetylenes is 1. The fourth-order valence-electron chi connectivity index (χ4n) is 3.41. The number of piperidine rings is 3. The summed E-state index contributed by atoms with van der Waals surface area (Å²) in [5.41, 5.74) is 1.11. The predicted molar refractivity (Wildman–Crippen MR) is 76.4 cm³/mol. The third-order valence-corrected chi connectivity index (χ3v) is 4.50. The van der Waals surface area contributed by atoms with Crippen LogP contribution in [0.2, 0.25) is 0 Å². The first-order valence-corrected chi connectivity index (χ1v) is 7.17. The maximum absolute atomic E-state index is 5.61. The van der Waals surface area contributed by atoms with E-state index in [-0.39, 0.29) is 0 Å². The van der Waals surface area contributed by atoms with Crippen LogP contribution in [0, 0.1) is 24.2 Å². The highest BCUT2D eigenvalue weighted by Crippen LogP contribution is 2.35. The average molecular weight is 255 g/mol. The maximum Gasteiger partial charge on any atom is 0.0541 e. The van der Waals surface area contributed by atoms with E-state index >= 15 is 0 Å². The second-order valence-corrected chi connectivity index (χ2v) is 5.66. The van der Waals surface area contributed by atoms with Gasteiger partial charge in [-0.05, 0) is 37.4 Å². The van der Waals surface area contributed by atoms with Gasteiger partial charge in [0.2, 0.25) is 0 Å². The molecule has 0 aliphatic carbocycles. The van der Waals surface area contributed by atoms with Crippen molar-refractivity contribution in [2.24, 2.45) is 11.8 Å². The zero-order valence-corrected chi connectivity index (χ0v) is 11.3. The van der Waals surface area contributed by atoms with Crippen LogP contribution in [0.15, 0.2) is 24.4 Å². The Balaban J connectivity index is 1.49. The summed E-state index contributed by atoms with van der Waals surface area (Å²) in [7, 11) is 0. The molecule has 1 aromatic rings. The van der Waals surface area contributed by atoms with E-state index < -0.39 is 0 Å². The molecule has 100 valence electrons. The highest BCUT2D eigenvalue weighted by Gasteiger charge is 2.38. The number of nitrogens with one attached hydrogen (secondary N) is 1. The van der Waals surface area contributed by atoms with Crippen molar-refractivity contribution in [3.05, 3.63) is 30.1 Å². The molecule has 2 bridgehead atoms. The molecule has 1 aromatic heterocycles. The number of fused-ring (bicyclic) bond motifs is 3. The fourth-order valence-corrected chi connectivity index (χ4v) is 3.41. The first-order valence-electron chi connectivity index (χ1n) is 7.17. The summed E-state index contributed by atoms with van der Waals surface area (Å²) in [6, 6.07) is 6.71. The minimum atomic E-state index is 0.487. The quantitative estimate of drug-likeness (QED) is 0.827. The van der Waals surface area contributed by atoms with E-state index in [0.29, 0.717) is 12.0 Å². The Kier molecular flexibility index (Phi) is 3.82. The second kappa shape index (κ2) is 5.73. The Morgan fingerprint density at radius 3 is 3.11 bits per heavy atom. The first kappa shape index (κ1) is 12.7. The number of rotatable bonds is 4. The Bertz CT molecular complexity index is 451. The lowest BCUT2D eigenvalue weighted by Crippen LogP contribution is -2.55. The van der Waals surface area contributed by atoms with E-state index in [1.807, 2.05) is 18.3 Å². The lowest BCUT2D eigenvalue weighted by Gasteiger charge is -2.48. The number of pyridine rings is 1. The average Bonchev–Trinajstić information content (AvgIpc) is 2.49. The van der Waals surface area contributed by atoms with Crippen molar-refractivity contribution in [3.8, 4) is 12.3 Å². The van der Waals surface area contributed by atoms with Gasteiger partial charge in [-0.15, -0.1) is 12.3 Å². The van der Waals surface area contributed by atoms with Crippen molar-refractivity contribution in [1.82, 2.24) is 15.2 Å². The molecule has 3 aliphatic heterocycles. The molecule has 0 radical (unpaired) electrons. The van der Waals surface area contributed by atoms with E-state index in [1.54, 1.807) is 0 Å². The third-order valence-electron chi connectivity index (χ3n) is 4.50. The van der Waals surface area contributed by atoms with Gasteiger partial charge < -0.3 is 5.32 Å². The number of hydrogen-bond donors (Lipinski definition) is 1. The van der Waals surface area contributed by atoms with Gasteiger partial charge in [0.25, 0.3) is 0 Å². The molecule has 3 saturated heterocycles. The van der Waals surface area contributed by atoms with Crippen LogP contribution in [0.5, 0.6) is 0 Å². The zero-order chi connectivity index (χ0) is 13.1.